The van der Waals surface area contributed by atoms with Crippen LogP contribution >= 0.6 is 0 Å². The van der Waals surface area contributed by atoms with E-state index in [1.807, 2.05) is 0 Å². The molecule has 152 valence electrons. The van der Waals surface area contributed by atoms with Gasteiger partial charge in [-0.3, -0.25) is 14.4 Å². The number of unbranched alkanes of at least 4 members (excludes halogenated alkanes) is 1. The molecule has 2 aromatic rings. The van der Waals surface area contributed by atoms with Crippen molar-refractivity contribution in [3.05, 3.63) is 40.3 Å². The second kappa shape index (κ2) is 10.6. The van der Waals surface area contributed by atoms with Gasteiger partial charge in [0.1, 0.15) is 0 Å². The molecule has 1 amide bonds. The molecule has 1 atom stereocenters. The van der Waals surface area contributed by atoms with Crippen LogP contribution in [0.2, 0.25) is 0 Å². The van der Waals surface area contributed by atoms with E-state index < -0.39 is 5.97 Å². The molecule has 0 unspecified atom stereocenters. The zero-order valence-corrected chi connectivity index (χ0v) is 16.9. The minimum absolute atomic E-state index is 0.101. The molecule has 0 aliphatic carbocycles. The molecule has 1 N–H and O–H groups in total. The fraction of sp³-hybridized carbons (Fsp3) is 0.524. The molecule has 0 saturated carbocycles. The minimum Gasteiger partial charge on any atom is -0.455 e. The van der Waals surface area contributed by atoms with Crippen molar-refractivity contribution in [1.29, 1.82) is 0 Å². The number of carbonyl (C=O) groups excluding carboxylic acids is 2. The minimum atomic E-state index is -0.551. The highest BCUT2D eigenvalue weighted by molar-refractivity contribution is 5.87. The number of ether oxygens (including phenoxy) is 1. The Morgan fingerprint density at radius 2 is 1.93 bits per heavy atom. The molecule has 7 heteroatoms. The van der Waals surface area contributed by atoms with Crippen molar-refractivity contribution in [2.75, 3.05) is 13.2 Å². The molecule has 0 radical (unpaired) electrons. The Kier molecular flexibility index (Phi) is 8.17. The second-order valence-electron chi connectivity index (χ2n) is 6.98. The number of benzene rings is 1. The summed E-state index contributed by atoms with van der Waals surface area (Å²) in [5.74, 6) is -0.410. The average Bonchev–Trinajstić information content (AvgIpc) is 2.70. The van der Waals surface area contributed by atoms with E-state index in [0.29, 0.717) is 28.9 Å². The number of esters is 1. The number of carbonyl (C=O) groups is 2. The maximum Gasteiger partial charge on any atom is 0.312 e. The second-order valence-corrected chi connectivity index (χ2v) is 6.98. The number of nitrogens with zero attached hydrogens (tertiary/aromatic N) is 2. The van der Waals surface area contributed by atoms with Crippen LogP contribution in [0.15, 0.2) is 29.1 Å². The van der Waals surface area contributed by atoms with Gasteiger partial charge in [0, 0.05) is 19.0 Å². The van der Waals surface area contributed by atoms with E-state index in [2.05, 4.69) is 24.3 Å². The molecule has 1 heterocycles. The summed E-state index contributed by atoms with van der Waals surface area (Å²) in [6.07, 6.45) is 4.26. The summed E-state index contributed by atoms with van der Waals surface area (Å²) >= 11 is 0. The largest absolute Gasteiger partial charge is 0.455 e. The van der Waals surface area contributed by atoms with Crippen LogP contribution in [0.3, 0.4) is 0 Å². The van der Waals surface area contributed by atoms with Crippen LogP contribution in [-0.2, 0) is 27.8 Å². The Morgan fingerprint density at radius 3 is 2.61 bits per heavy atom. The molecule has 1 aromatic heterocycles. The molecule has 0 aliphatic heterocycles. The van der Waals surface area contributed by atoms with Crippen LogP contribution < -0.4 is 10.9 Å². The molecule has 28 heavy (non-hydrogen) atoms. The number of fused-ring (bicyclic) bond motifs is 1. The fourth-order valence-electron chi connectivity index (χ4n) is 3.09. The van der Waals surface area contributed by atoms with E-state index in [0.717, 1.165) is 25.7 Å². The molecule has 2 rings (SSSR count). The summed E-state index contributed by atoms with van der Waals surface area (Å²) in [6.45, 7) is 4.54. The third-order valence-electron chi connectivity index (χ3n) is 4.84. The highest BCUT2D eigenvalue weighted by atomic mass is 16.5. The lowest BCUT2D eigenvalue weighted by Gasteiger charge is -2.15. The molecule has 0 saturated heterocycles. The summed E-state index contributed by atoms with van der Waals surface area (Å²) in [6, 6.07) is 7.00. The van der Waals surface area contributed by atoms with Gasteiger partial charge in [0.05, 0.1) is 17.5 Å². The number of aromatic nitrogens is 2. The summed E-state index contributed by atoms with van der Waals surface area (Å²) < 4.78 is 6.30. The Bertz CT molecular complexity index is 876. The van der Waals surface area contributed by atoms with Crippen LogP contribution in [0.4, 0.5) is 0 Å². The average molecular weight is 387 g/mol. The van der Waals surface area contributed by atoms with Crippen LogP contribution in [0, 0.1) is 5.92 Å². The Labute approximate surface area is 165 Å². The molecule has 0 aliphatic rings. The first kappa shape index (κ1) is 21.6. The van der Waals surface area contributed by atoms with E-state index in [9.17, 15) is 14.4 Å². The van der Waals surface area contributed by atoms with Crippen molar-refractivity contribution < 1.29 is 14.3 Å². The number of hydrogen-bond acceptors (Lipinski definition) is 5. The van der Waals surface area contributed by atoms with Crippen molar-refractivity contribution >= 4 is 22.6 Å². The lowest BCUT2D eigenvalue weighted by Crippen LogP contribution is -2.33. The van der Waals surface area contributed by atoms with E-state index in [1.165, 1.54) is 4.68 Å². The zero-order valence-electron chi connectivity index (χ0n) is 16.9. The highest BCUT2D eigenvalue weighted by Gasteiger charge is 2.15. The van der Waals surface area contributed by atoms with Gasteiger partial charge in [-0.05, 0) is 18.4 Å². The Balaban J connectivity index is 1.89. The Hall–Kier alpha value is -2.70. The van der Waals surface area contributed by atoms with Crippen LogP contribution in [0.25, 0.3) is 10.8 Å². The lowest BCUT2D eigenvalue weighted by molar-refractivity contribution is -0.148. The van der Waals surface area contributed by atoms with Gasteiger partial charge in [-0.1, -0.05) is 51.3 Å². The standard InChI is InChI=1S/C21H29N3O4/c1-4-6-9-15(5-2)13-22-19(25)14-28-20(26)12-18-16-10-7-8-11-17(16)21(27)24(3)23-18/h7-8,10-11,15H,4-6,9,12-14H2,1-3H3,(H,22,25)/t15-/m0/s1. The smallest absolute Gasteiger partial charge is 0.312 e. The Morgan fingerprint density at radius 1 is 1.21 bits per heavy atom. The van der Waals surface area contributed by atoms with Gasteiger partial charge in [0.25, 0.3) is 11.5 Å². The first-order valence-electron chi connectivity index (χ1n) is 9.83. The van der Waals surface area contributed by atoms with Crippen molar-refractivity contribution in [1.82, 2.24) is 15.1 Å². The first-order chi connectivity index (χ1) is 13.5. The third kappa shape index (κ3) is 5.90. The van der Waals surface area contributed by atoms with Gasteiger partial charge in [0.2, 0.25) is 0 Å². The third-order valence-corrected chi connectivity index (χ3v) is 4.84. The molecule has 1 aromatic carbocycles. The fourth-order valence-corrected chi connectivity index (χ4v) is 3.09. The topological polar surface area (TPSA) is 90.3 Å². The van der Waals surface area contributed by atoms with Gasteiger partial charge in [0.15, 0.2) is 6.61 Å². The highest BCUT2D eigenvalue weighted by Crippen LogP contribution is 2.14. The van der Waals surface area contributed by atoms with Gasteiger partial charge in [-0.15, -0.1) is 0 Å². The monoisotopic (exact) mass is 387 g/mol. The van der Waals surface area contributed by atoms with Gasteiger partial charge < -0.3 is 10.1 Å². The molecular weight excluding hydrogens is 358 g/mol. The summed E-state index contributed by atoms with van der Waals surface area (Å²) in [7, 11) is 1.54. The molecule has 0 fully saturated rings. The molecular formula is C21H29N3O4. The summed E-state index contributed by atoms with van der Waals surface area (Å²) in [4.78, 5) is 36.2. The molecule has 7 nitrogen and oxygen atoms in total. The SMILES string of the molecule is CCCC[C@H](CC)CNC(=O)COC(=O)Cc1nn(C)c(=O)c2ccccc12. The number of amides is 1. The van der Waals surface area contributed by atoms with E-state index in [4.69, 9.17) is 4.74 Å². The lowest BCUT2D eigenvalue weighted by atomic mass is 9.99. The van der Waals surface area contributed by atoms with Crippen molar-refractivity contribution in [3.63, 3.8) is 0 Å². The maximum absolute atomic E-state index is 12.2. The summed E-state index contributed by atoms with van der Waals surface area (Å²) in [5, 5.41) is 8.12. The van der Waals surface area contributed by atoms with Crippen molar-refractivity contribution in [2.45, 2.75) is 46.0 Å². The predicted octanol–water partition coefficient (Wildman–Crippen LogP) is 2.35. The number of rotatable bonds is 10. The first-order valence-corrected chi connectivity index (χ1v) is 9.83. The van der Waals surface area contributed by atoms with E-state index in [-0.39, 0.29) is 24.5 Å². The predicted molar refractivity (Wildman–Crippen MR) is 108 cm³/mol. The zero-order chi connectivity index (χ0) is 20.5. The molecule has 0 spiro atoms. The quantitative estimate of drug-likeness (QED) is 0.632. The van der Waals surface area contributed by atoms with Crippen molar-refractivity contribution in [3.8, 4) is 0 Å². The summed E-state index contributed by atoms with van der Waals surface area (Å²) in [5.41, 5.74) is 0.231. The van der Waals surface area contributed by atoms with Crippen LogP contribution in [0.5, 0.6) is 0 Å². The number of nitrogens with one attached hydrogen (secondary N) is 1. The normalized spacial score (nSPS) is 12.0. The van der Waals surface area contributed by atoms with E-state index in [1.54, 1.807) is 31.3 Å². The van der Waals surface area contributed by atoms with Gasteiger partial charge >= 0.3 is 5.97 Å². The van der Waals surface area contributed by atoms with Crippen LogP contribution in [-0.4, -0.2) is 34.8 Å². The van der Waals surface area contributed by atoms with E-state index >= 15 is 0 Å². The van der Waals surface area contributed by atoms with Gasteiger partial charge in [-0.25, -0.2) is 4.68 Å². The molecule has 0 bridgehead atoms. The number of hydrogen-bond donors (Lipinski definition) is 1. The maximum atomic E-state index is 12.2. The van der Waals surface area contributed by atoms with Crippen molar-refractivity contribution in [2.24, 2.45) is 13.0 Å². The van der Waals surface area contributed by atoms with Gasteiger partial charge in [-0.2, -0.15) is 5.10 Å². The number of aryl methyl sites for hydroxylation is 1. The van der Waals surface area contributed by atoms with Crippen LogP contribution in [0.1, 0.15) is 45.2 Å².